The SMILES string of the molecule is CO.[Fe+3].[O-]c1ccccc1C=NCCN=Cc1ccccc1[O-].c1cc(CCCc2ccncc2)ccn1.c1ccc([B-](c2ccccc2)(c2ccccc2)c2ccccc2)cc1. The van der Waals surface area contributed by atoms with Crippen LogP contribution in [0, 0.1) is 0 Å². The van der Waals surface area contributed by atoms with Gasteiger partial charge in [-0.3, -0.25) is 20.0 Å². The minimum absolute atomic E-state index is 0. The third-order valence-corrected chi connectivity index (χ3v) is 10.3. The van der Waals surface area contributed by atoms with Crippen molar-refractivity contribution in [3.05, 3.63) is 241 Å². The molecular weight excluding hydrogens is 819 g/mol. The van der Waals surface area contributed by atoms with Gasteiger partial charge in [-0.05, 0) is 65.8 Å². The number of aliphatic hydroxyl groups excluding tert-OH is 1. The first-order valence-electron chi connectivity index (χ1n) is 20.8. The molecule has 6 aromatic carbocycles. The van der Waals surface area contributed by atoms with Crippen molar-refractivity contribution in [2.24, 2.45) is 9.98 Å². The average Bonchev–Trinajstić information content (AvgIpc) is 3.35. The Bertz CT molecular complexity index is 2220. The van der Waals surface area contributed by atoms with Crippen LogP contribution in [0.25, 0.3) is 0 Å². The topological polar surface area (TPSA) is 117 Å². The summed E-state index contributed by atoms with van der Waals surface area (Å²) in [7, 11) is 1.00. The number of aromatic nitrogens is 2. The molecule has 0 bridgehead atoms. The van der Waals surface area contributed by atoms with Crippen molar-refractivity contribution >= 4 is 40.4 Å². The van der Waals surface area contributed by atoms with Gasteiger partial charge >= 0.3 is 17.1 Å². The number of para-hydroxylation sites is 2. The van der Waals surface area contributed by atoms with Gasteiger partial charge in [-0.1, -0.05) is 170 Å². The molecule has 0 aliphatic heterocycles. The van der Waals surface area contributed by atoms with Crippen LogP contribution in [0.4, 0.5) is 0 Å². The predicted molar refractivity (Wildman–Crippen MR) is 255 cm³/mol. The zero-order valence-electron chi connectivity index (χ0n) is 35.5. The molecule has 1 N–H and O–H groups in total. The Morgan fingerprint density at radius 1 is 0.429 bits per heavy atom. The fraction of sp³-hybridized carbons (Fsp3) is 0.111. The van der Waals surface area contributed by atoms with Crippen molar-refractivity contribution < 1.29 is 32.4 Å². The quantitative estimate of drug-likeness (QED) is 0.0788. The van der Waals surface area contributed by atoms with Gasteiger partial charge in [0.05, 0.1) is 13.1 Å². The molecule has 0 fully saturated rings. The normalized spacial score (nSPS) is 10.6. The van der Waals surface area contributed by atoms with Gasteiger partial charge in [0.2, 0.25) is 0 Å². The minimum Gasteiger partial charge on any atom is -0.872 e. The van der Waals surface area contributed by atoms with Gasteiger partial charge in [-0.25, -0.2) is 0 Å². The number of aliphatic imine (C=N–C) groups is 2. The fourth-order valence-electron chi connectivity index (χ4n) is 7.33. The van der Waals surface area contributed by atoms with Gasteiger partial charge in [0, 0.05) is 44.3 Å². The second-order valence-corrected chi connectivity index (χ2v) is 14.2. The molecule has 2 heterocycles. The molecule has 1 radical (unpaired) electrons. The summed E-state index contributed by atoms with van der Waals surface area (Å²) in [6.07, 6.45) is 12.7. The number of rotatable bonds is 13. The van der Waals surface area contributed by atoms with Crippen LogP contribution in [0.5, 0.6) is 11.5 Å². The maximum atomic E-state index is 11.4. The predicted octanol–water partition coefficient (Wildman–Crippen LogP) is 6.69. The summed E-state index contributed by atoms with van der Waals surface area (Å²) >= 11 is 0. The number of hydrogen-bond donors (Lipinski definition) is 1. The van der Waals surface area contributed by atoms with Crippen LogP contribution in [0.3, 0.4) is 0 Å². The molecule has 63 heavy (non-hydrogen) atoms. The van der Waals surface area contributed by atoms with Crippen molar-refractivity contribution in [1.29, 1.82) is 0 Å². The largest absolute Gasteiger partial charge is 3.00 e. The van der Waals surface area contributed by atoms with Crippen molar-refractivity contribution in [2.45, 2.75) is 19.3 Å². The van der Waals surface area contributed by atoms with Gasteiger partial charge in [-0.15, -0.1) is 11.5 Å². The van der Waals surface area contributed by atoms with E-state index in [1.54, 1.807) is 48.8 Å². The smallest absolute Gasteiger partial charge is 0.872 e. The van der Waals surface area contributed by atoms with Crippen LogP contribution in [-0.4, -0.2) is 53.8 Å². The molecule has 0 aliphatic rings. The second kappa shape index (κ2) is 27.9. The molecule has 9 heteroatoms. The van der Waals surface area contributed by atoms with E-state index in [9.17, 15) is 10.2 Å². The first-order valence-corrected chi connectivity index (χ1v) is 20.8. The molecule has 0 atom stereocenters. The molecule has 0 aliphatic carbocycles. The first kappa shape index (κ1) is 48.8. The van der Waals surface area contributed by atoms with Crippen molar-refractivity contribution in [2.75, 3.05) is 20.2 Å². The van der Waals surface area contributed by atoms with Crippen LogP contribution in [-0.2, 0) is 29.9 Å². The molecule has 7 nitrogen and oxygen atoms in total. The van der Waals surface area contributed by atoms with E-state index in [-0.39, 0.29) is 28.6 Å². The Morgan fingerprint density at radius 2 is 0.714 bits per heavy atom. The van der Waals surface area contributed by atoms with Crippen LogP contribution in [0.2, 0.25) is 0 Å². The van der Waals surface area contributed by atoms with E-state index >= 15 is 0 Å². The van der Waals surface area contributed by atoms with E-state index in [1.165, 1.54) is 51.5 Å². The molecule has 2 aromatic heterocycles. The van der Waals surface area contributed by atoms with Crippen LogP contribution in [0.15, 0.2) is 229 Å². The maximum Gasteiger partial charge on any atom is 3.00 e. The van der Waals surface area contributed by atoms with E-state index < -0.39 is 6.15 Å². The molecule has 0 amide bonds. The van der Waals surface area contributed by atoms with E-state index in [0.717, 1.165) is 20.0 Å². The summed E-state index contributed by atoms with van der Waals surface area (Å²) in [5.41, 5.74) is 9.22. The first-order chi connectivity index (χ1) is 30.6. The van der Waals surface area contributed by atoms with Crippen molar-refractivity contribution in [1.82, 2.24) is 9.97 Å². The molecule has 8 rings (SSSR count). The van der Waals surface area contributed by atoms with E-state index in [1.807, 2.05) is 24.8 Å². The summed E-state index contributed by atoms with van der Waals surface area (Å²) in [6.45, 7) is 0.956. The Balaban J connectivity index is 0.000000208. The second-order valence-electron chi connectivity index (χ2n) is 14.2. The molecular formula is C54H52BFeN4O3. The van der Waals surface area contributed by atoms with Gasteiger partial charge in [0.1, 0.15) is 6.15 Å². The van der Waals surface area contributed by atoms with E-state index in [4.69, 9.17) is 5.11 Å². The average molecular weight is 872 g/mol. The number of aryl methyl sites for hydroxylation is 2. The molecule has 8 aromatic rings. The standard InChI is InChI=1S/C24H20B.C16H16N2O2.C13H14N2.CH4O.Fe/c1-5-13-21(14-6-1)25(22-15-7-2-8-16-22,23-17-9-3-10-18-23)24-19-11-4-12-20-24;19-15-7-3-1-5-13(15)11-17-9-10-18-12-14-6-2-4-8-16(14)20;1(2-12-4-8-14-9-5-12)3-13-6-10-15-11-7-13;1-2;/h1-20H;1-8,11-12,19-20H,9-10H2;4-11H,1-3H2;2H,1H3;/q-1;;;;+3/p-2. The minimum atomic E-state index is -1.22. The zero-order valence-corrected chi connectivity index (χ0v) is 36.6. The summed E-state index contributed by atoms with van der Waals surface area (Å²) in [6, 6.07) is 65.3. The summed E-state index contributed by atoms with van der Waals surface area (Å²) in [4.78, 5) is 16.3. The number of benzene rings is 6. The summed E-state index contributed by atoms with van der Waals surface area (Å²) in [5, 5.41) is 29.8. The van der Waals surface area contributed by atoms with E-state index in [2.05, 4.69) is 166 Å². The number of hydrogen-bond acceptors (Lipinski definition) is 7. The molecule has 0 spiro atoms. The van der Waals surface area contributed by atoms with Crippen molar-refractivity contribution in [3.63, 3.8) is 0 Å². The van der Waals surface area contributed by atoms with Crippen molar-refractivity contribution in [3.8, 4) is 11.5 Å². The Morgan fingerprint density at radius 3 is 1.02 bits per heavy atom. The van der Waals surface area contributed by atoms with Gasteiger partial charge in [0.15, 0.2) is 0 Å². The number of nitrogens with zero attached hydrogens (tertiary/aromatic N) is 4. The van der Waals surface area contributed by atoms with Crippen LogP contribution < -0.4 is 32.1 Å². The monoisotopic (exact) mass is 871 g/mol. The van der Waals surface area contributed by atoms with Crippen LogP contribution in [0.1, 0.15) is 28.7 Å². The van der Waals surface area contributed by atoms with Gasteiger partial charge < -0.3 is 15.3 Å². The maximum absolute atomic E-state index is 11.4. The summed E-state index contributed by atoms with van der Waals surface area (Å²) in [5.74, 6) is -0.0833. The number of pyridine rings is 2. The zero-order chi connectivity index (χ0) is 43.5. The third-order valence-electron chi connectivity index (χ3n) is 10.3. The molecule has 0 saturated heterocycles. The Kier molecular flexibility index (Phi) is 21.6. The molecule has 317 valence electrons. The fourth-order valence-corrected chi connectivity index (χ4v) is 7.33. The number of aliphatic hydroxyl groups is 1. The van der Waals surface area contributed by atoms with Gasteiger partial charge in [0.25, 0.3) is 0 Å². The molecule has 0 unspecified atom stereocenters. The van der Waals surface area contributed by atoms with Gasteiger partial charge in [-0.2, -0.15) is 21.9 Å². The Hall–Kier alpha value is -6.90. The Labute approximate surface area is 383 Å². The van der Waals surface area contributed by atoms with Crippen LogP contribution >= 0.6 is 0 Å². The third kappa shape index (κ3) is 14.9. The summed E-state index contributed by atoms with van der Waals surface area (Å²) < 4.78 is 0. The molecule has 0 saturated carbocycles. The van der Waals surface area contributed by atoms with E-state index in [0.29, 0.717) is 24.2 Å².